The monoisotopic (exact) mass is 454 g/mol. The minimum absolute atomic E-state index is 0.128. The van der Waals surface area contributed by atoms with E-state index in [1.807, 2.05) is 6.07 Å². The highest BCUT2D eigenvalue weighted by Crippen LogP contribution is 2.11. The van der Waals surface area contributed by atoms with Crippen molar-refractivity contribution in [3.63, 3.8) is 0 Å². The number of anilines is 1. The fourth-order valence-corrected chi connectivity index (χ4v) is 2.37. The molecule has 124 valence electrons. The van der Waals surface area contributed by atoms with Crippen LogP contribution in [0.1, 0.15) is 16.1 Å². The van der Waals surface area contributed by atoms with E-state index in [0.717, 1.165) is 8.95 Å². The van der Waals surface area contributed by atoms with Gasteiger partial charge in [0.2, 0.25) is 0 Å². The lowest BCUT2D eigenvalue weighted by Gasteiger charge is -2.04. The molecule has 0 spiro atoms. The van der Waals surface area contributed by atoms with Gasteiger partial charge in [0, 0.05) is 26.9 Å². The molecule has 7 nitrogen and oxygen atoms in total. The van der Waals surface area contributed by atoms with Crippen LogP contribution in [-0.2, 0) is 0 Å². The molecule has 0 saturated carbocycles. The second-order valence-corrected chi connectivity index (χ2v) is 6.50. The summed E-state index contributed by atoms with van der Waals surface area (Å²) in [5.41, 5.74) is 5.17. The average molecular weight is 456 g/mol. The topological polar surface area (TPSA) is 111 Å². The molecule has 3 rings (SSSR count). The Morgan fingerprint density at radius 2 is 1.88 bits per heavy atom. The van der Waals surface area contributed by atoms with Crippen molar-refractivity contribution in [1.29, 1.82) is 0 Å². The average Bonchev–Trinajstić information content (AvgIpc) is 2.54. The summed E-state index contributed by atoms with van der Waals surface area (Å²) in [4.78, 5) is 30.4. The van der Waals surface area contributed by atoms with Crippen LogP contribution in [0.2, 0.25) is 0 Å². The first-order valence-corrected chi connectivity index (χ1v) is 8.17. The number of nitrogen functional groups attached to an aromatic ring is 1. The van der Waals surface area contributed by atoms with Gasteiger partial charge in [0.25, 0.3) is 5.56 Å². The van der Waals surface area contributed by atoms with Crippen LogP contribution in [0.15, 0.2) is 50.4 Å². The summed E-state index contributed by atoms with van der Waals surface area (Å²) in [7, 11) is 0. The molecular formula is C15H12Br2N4O3. The molecule has 0 aliphatic heterocycles. The van der Waals surface area contributed by atoms with Crippen LogP contribution in [0.4, 0.5) is 5.82 Å². The number of hydrogen-bond donors (Lipinski definition) is 2. The first kappa shape index (κ1) is 18.1. The van der Waals surface area contributed by atoms with E-state index in [1.54, 1.807) is 30.6 Å². The molecule has 0 aliphatic carbocycles. The molecule has 0 saturated heterocycles. The Morgan fingerprint density at radius 3 is 2.42 bits per heavy atom. The molecule has 3 aromatic rings. The molecule has 0 radical (unpaired) electrons. The van der Waals surface area contributed by atoms with Gasteiger partial charge in [-0.2, -0.15) is 0 Å². The smallest absolute Gasteiger partial charge is 0.355 e. The van der Waals surface area contributed by atoms with E-state index in [9.17, 15) is 9.59 Å². The number of aromatic carboxylic acids is 1. The second-order valence-electron chi connectivity index (χ2n) is 4.67. The van der Waals surface area contributed by atoms with E-state index in [1.165, 1.54) is 11.3 Å². The number of aromatic nitrogens is 3. The molecule has 3 aromatic heterocycles. The number of nitrogens with zero attached hydrogens (tertiary/aromatic N) is 3. The van der Waals surface area contributed by atoms with Crippen molar-refractivity contribution in [2.45, 2.75) is 6.92 Å². The van der Waals surface area contributed by atoms with Gasteiger partial charge in [-0.05, 0) is 63.0 Å². The van der Waals surface area contributed by atoms with Crippen LogP contribution in [-0.4, -0.2) is 25.4 Å². The highest BCUT2D eigenvalue weighted by Gasteiger charge is 2.14. The van der Waals surface area contributed by atoms with Crippen LogP contribution in [0.5, 0.6) is 0 Å². The third-order valence-electron chi connectivity index (χ3n) is 2.96. The molecule has 3 heterocycles. The van der Waals surface area contributed by atoms with Crippen molar-refractivity contribution in [2.24, 2.45) is 0 Å². The maximum absolute atomic E-state index is 11.8. The molecule has 0 fully saturated rings. The van der Waals surface area contributed by atoms with Crippen LogP contribution in [0.25, 0.3) is 5.65 Å². The summed E-state index contributed by atoms with van der Waals surface area (Å²) in [6.45, 7) is 1.45. The molecule has 0 bridgehead atoms. The summed E-state index contributed by atoms with van der Waals surface area (Å²) < 4.78 is 2.99. The van der Waals surface area contributed by atoms with E-state index >= 15 is 0 Å². The van der Waals surface area contributed by atoms with E-state index in [4.69, 9.17) is 10.8 Å². The van der Waals surface area contributed by atoms with E-state index in [0.29, 0.717) is 11.5 Å². The Labute approximate surface area is 153 Å². The lowest BCUT2D eigenvalue weighted by atomic mass is 10.2. The largest absolute Gasteiger partial charge is 0.476 e. The minimum Gasteiger partial charge on any atom is -0.476 e. The van der Waals surface area contributed by atoms with Gasteiger partial charge in [0.1, 0.15) is 11.5 Å². The molecule has 0 amide bonds. The lowest BCUT2D eigenvalue weighted by Crippen LogP contribution is -2.22. The molecule has 0 aliphatic rings. The van der Waals surface area contributed by atoms with Crippen molar-refractivity contribution < 1.29 is 9.90 Å². The molecule has 0 unspecified atom stereocenters. The first-order valence-electron chi connectivity index (χ1n) is 6.58. The van der Waals surface area contributed by atoms with Crippen molar-refractivity contribution in [3.8, 4) is 0 Å². The Morgan fingerprint density at radius 1 is 1.21 bits per heavy atom. The quantitative estimate of drug-likeness (QED) is 0.583. The van der Waals surface area contributed by atoms with E-state index in [2.05, 4.69) is 41.8 Å². The molecule has 24 heavy (non-hydrogen) atoms. The Bertz CT molecular complexity index is 934. The first-order chi connectivity index (χ1) is 11.3. The highest BCUT2D eigenvalue weighted by atomic mass is 79.9. The van der Waals surface area contributed by atoms with Gasteiger partial charge < -0.3 is 10.8 Å². The normalized spacial score (nSPS) is 10.1. The summed E-state index contributed by atoms with van der Waals surface area (Å²) in [5.74, 6) is -0.645. The summed E-state index contributed by atoms with van der Waals surface area (Å²) >= 11 is 6.46. The Hall–Kier alpha value is -2.26. The predicted octanol–water partition coefficient (Wildman–Crippen LogP) is 2.89. The third kappa shape index (κ3) is 4.18. The van der Waals surface area contributed by atoms with Gasteiger partial charge >= 0.3 is 5.97 Å². The summed E-state index contributed by atoms with van der Waals surface area (Å²) in [5, 5.41) is 8.88. The number of hydrogen-bond acceptors (Lipinski definition) is 5. The zero-order valence-electron chi connectivity index (χ0n) is 12.4. The highest BCUT2D eigenvalue weighted by molar-refractivity contribution is 9.10. The fourth-order valence-electron chi connectivity index (χ4n) is 1.80. The second kappa shape index (κ2) is 7.54. The molecular weight excluding hydrogens is 444 g/mol. The summed E-state index contributed by atoms with van der Waals surface area (Å²) in [6, 6.07) is 6.87. The molecule has 9 heteroatoms. The standard InChI is InChI=1S/C10H7BrN2O3.C5H5BrN2/c1-5-8(10(15)16)12-7-3-2-6(11)4-13(7)9(5)14;6-4-1-2-5(7)8-3-4/h2-4H,1H3,(H,15,16);1-3H,(H2,7,8). The van der Waals surface area contributed by atoms with Crippen molar-refractivity contribution >= 4 is 49.3 Å². The zero-order valence-corrected chi connectivity index (χ0v) is 15.6. The SMILES string of the molecule is Cc1c(C(=O)O)nc2ccc(Br)cn2c1=O.Nc1ccc(Br)cn1. The summed E-state index contributed by atoms with van der Waals surface area (Å²) in [6.07, 6.45) is 3.22. The van der Waals surface area contributed by atoms with Gasteiger partial charge in [-0.25, -0.2) is 14.8 Å². The Kier molecular flexibility index (Phi) is 5.68. The molecule has 0 aromatic carbocycles. The van der Waals surface area contributed by atoms with Gasteiger partial charge in [0.05, 0.1) is 0 Å². The van der Waals surface area contributed by atoms with Crippen LogP contribution < -0.4 is 11.3 Å². The number of carboxylic acid groups (broad SMARTS) is 1. The third-order valence-corrected chi connectivity index (χ3v) is 3.90. The van der Waals surface area contributed by atoms with Crippen LogP contribution in [0.3, 0.4) is 0 Å². The van der Waals surface area contributed by atoms with Crippen molar-refractivity contribution in [3.05, 3.63) is 67.2 Å². The minimum atomic E-state index is -1.19. The van der Waals surface area contributed by atoms with Crippen LogP contribution in [0, 0.1) is 6.92 Å². The van der Waals surface area contributed by atoms with Crippen molar-refractivity contribution in [1.82, 2.24) is 14.4 Å². The van der Waals surface area contributed by atoms with E-state index < -0.39 is 5.97 Å². The predicted molar refractivity (Wildman–Crippen MR) is 97.2 cm³/mol. The number of rotatable bonds is 1. The van der Waals surface area contributed by atoms with Crippen molar-refractivity contribution in [2.75, 3.05) is 5.73 Å². The van der Waals surface area contributed by atoms with Gasteiger partial charge in [-0.1, -0.05) is 0 Å². The number of fused-ring (bicyclic) bond motifs is 1. The number of carboxylic acids is 1. The maximum Gasteiger partial charge on any atom is 0.355 e. The fraction of sp³-hybridized carbons (Fsp3) is 0.0667. The molecule has 3 N–H and O–H groups in total. The number of pyridine rings is 2. The van der Waals surface area contributed by atoms with Gasteiger partial charge in [0.15, 0.2) is 5.69 Å². The van der Waals surface area contributed by atoms with Gasteiger partial charge in [-0.15, -0.1) is 0 Å². The number of nitrogens with two attached hydrogens (primary N) is 1. The lowest BCUT2D eigenvalue weighted by molar-refractivity contribution is 0.0689. The Balaban J connectivity index is 0.000000219. The van der Waals surface area contributed by atoms with Crippen LogP contribution >= 0.6 is 31.9 Å². The number of carbonyl (C=O) groups is 1. The number of halogens is 2. The zero-order chi connectivity index (χ0) is 17.9. The van der Waals surface area contributed by atoms with Gasteiger partial charge in [-0.3, -0.25) is 9.20 Å². The maximum atomic E-state index is 11.8. The van der Waals surface area contributed by atoms with E-state index in [-0.39, 0.29) is 16.8 Å². The molecule has 0 atom stereocenters.